The van der Waals surface area contributed by atoms with Crippen LogP contribution >= 0.6 is 0 Å². The fourth-order valence-corrected chi connectivity index (χ4v) is 2.38. The Bertz CT molecular complexity index is 741. The molecule has 0 radical (unpaired) electrons. The Morgan fingerprint density at radius 3 is 2.57 bits per heavy atom. The molecule has 0 saturated carbocycles. The Hall–Kier alpha value is -2.76. The summed E-state index contributed by atoms with van der Waals surface area (Å²) in [6.07, 6.45) is -1.03. The van der Waals surface area contributed by atoms with E-state index in [-0.39, 0.29) is 40.5 Å². The number of hydrogen-bond acceptors (Lipinski definition) is 5. The number of ketones is 1. The lowest BCUT2D eigenvalue weighted by molar-refractivity contribution is 0.0840. The van der Waals surface area contributed by atoms with Crippen molar-refractivity contribution in [1.29, 1.82) is 0 Å². The van der Waals surface area contributed by atoms with Gasteiger partial charge in [0.1, 0.15) is 40.5 Å². The number of Topliss-reactive ketones (excluding diaryl/α,β-unsaturated/α-hetero) is 1. The maximum absolute atomic E-state index is 13.8. The average Bonchev–Trinajstić information content (AvgIpc) is 2.36. The number of rotatable bonds is 1. The molecule has 1 atom stereocenters. The number of carbonyl (C=O) groups excluding carboxylic acids is 1. The number of hydrogen-bond donors (Lipinski definition) is 3. The Labute approximate surface area is 118 Å². The molecule has 3 N–H and O–H groups in total. The molecule has 0 amide bonds. The first-order valence-corrected chi connectivity index (χ1v) is 6.20. The molecule has 2 aromatic rings. The zero-order valence-corrected chi connectivity index (χ0v) is 10.7. The molecule has 5 nitrogen and oxygen atoms in total. The van der Waals surface area contributed by atoms with E-state index < -0.39 is 17.7 Å². The topological polar surface area (TPSA) is 87.0 Å². The van der Waals surface area contributed by atoms with E-state index in [9.17, 15) is 24.5 Å². The number of fused-ring (bicyclic) bond motifs is 1. The highest BCUT2D eigenvalue weighted by molar-refractivity contribution is 6.02. The van der Waals surface area contributed by atoms with E-state index in [0.29, 0.717) is 0 Å². The van der Waals surface area contributed by atoms with Gasteiger partial charge in [-0.05, 0) is 12.1 Å². The summed E-state index contributed by atoms with van der Waals surface area (Å²) in [7, 11) is 0. The summed E-state index contributed by atoms with van der Waals surface area (Å²) in [6.45, 7) is 0. The molecule has 0 aliphatic carbocycles. The van der Waals surface area contributed by atoms with Crippen LogP contribution in [-0.2, 0) is 0 Å². The van der Waals surface area contributed by atoms with Crippen LogP contribution in [0.3, 0.4) is 0 Å². The van der Waals surface area contributed by atoms with Crippen LogP contribution in [0, 0.1) is 5.82 Å². The third kappa shape index (κ3) is 2.24. The molecule has 0 fully saturated rings. The lowest BCUT2D eigenvalue weighted by Crippen LogP contribution is -2.21. The van der Waals surface area contributed by atoms with Gasteiger partial charge in [-0.25, -0.2) is 4.39 Å². The molecular weight excluding hydrogens is 279 g/mol. The van der Waals surface area contributed by atoms with Gasteiger partial charge in [-0.15, -0.1) is 0 Å². The van der Waals surface area contributed by atoms with E-state index in [1.165, 1.54) is 18.2 Å². The third-order valence-electron chi connectivity index (χ3n) is 3.32. The Morgan fingerprint density at radius 2 is 1.86 bits per heavy atom. The van der Waals surface area contributed by atoms with Gasteiger partial charge in [-0.3, -0.25) is 4.79 Å². The number of benzene rings is 2. The quantitative estimate of drug-likeness (QED) is 0.751. The van der Waals surface area contributed by atoms with E-state index in [2.05, 4.69) is 0 Å². The monoisotopic (exact) mass is 290 g/mol. The summed E-state index contributed by atoms with van der Waals surface area (Å²) < 4.78 is 19.4. The number of phenolic OH excluding ortho intramolecular Hbond substituents is 3. The first kappa shape index (κ1) is 13.2. The highest BCUT2D eigenvalue weighted by Gasteiger charge is 2.32. The lowest BCUT2D eigenvalue weighted by Gasteiger charge is -2.26. The van der Waals surface area contributed by atoms with E-state index in [4.69, 9.17) is 4.74 Å². The van der Waals surface area contributed by atoms with Gasteiger partial charge in [0.2, 0.25) is 0 Å². The van der Waals surface area contributed by atoms with Crippen LogP contribution in [0.15, 0.2) is 30.3 Å². The second kappa shape index (κ2) is 4.66. The minimum atomic E-state index is -0.883. The van der Waals surface area contributed by atoms with Crippen molar-refractivity contribution in [2.45, 2.75) is 12.5 Å². The predicted octanol–water partition coefficient (Wildman–Crippen LogP) is 2.65. The van der Waals surface area contributed by atoms with E-state index in [1.807, 2.05) is 0 Å². The first-order valence-electron chi connectivity index (χ1n) is 6.20. The number of ether oxygens (including phenoxy) is 1. The van der Waals surface area contributed by atoms with Gasteiger partial charge in [-0.2, -0.15) is 0 Å². The molecule has 1 unspecified atom stereocenters. The van der Waals surface area contributed by atoms with E-state index >= 15 is 0 Å². The van der Waals surface area contributed by atoms with E-state index in [1.54, 1.807) is 0 Å². The summed E-state index contributed by atoms with van der Waals surface area (Å²) in [6, 6.07) is 5.79. The molecule has 3 rings (SSSR count). The maximum Gasteiger partial charge on any atom is 0.174 e. The molecule has 1 aliphatic heterocycles. The first-order chi connectivity index (χ1) is 9.95. The van der Waals surface area contributed by atoms with Crippen molar-refractivity contribution in [1.82, 2.24) is 0 Å². The summed E-state index contributed by atoms with van der Waals surface area (Å²) in [5, 5.41) is 28.3. The summed E-state index contributed by atoms with van der Waals surface area (Å²) in [5.41, 5.74) is 0.0952. The number of halogens is 1. The van der Waals surface area contributed by atoms with Crippen molar-refractivity contribution in [3.05, 3.63) is 47.3 Å². The molecule has 2 aromatic carbocycles. The van der Waals surface area contributed by atoms with Gasteiger partial charge in [0.05, 0.1) is 6.42 Å². The van der Waals surface area contributed by atoms with E-state index in [0.717, 1.165) is 12.1 Å². The fourth-order valence-electron chi connectivity index (χ4n) is 2.38. The minimum absolute atomic E-state index is 0.00113. The third-order valence-corrected chi connectivity index (χ3v) is 3.32. The van der Waals surface area contributed by atoms with Crippen LogP contribution < -0.4 is 4.74 Å². The summed E-state index contributed by atoms with van der Waals surface area (Å²) in [5.74, 6) is -1.97. The number of aromatic hydroxyl groups is 3. The van der Waals surface area contributed by atoms with Gasteiger partial charge in [0.15, 0.2) is 5.78 Å². The Morgan fingerprint density at radius 1 is 1.10 bits per heavy atom. The second-order valence-electron chi connectivity index (χ2n) is 4.78. The van der Waals surface area contributed by atoms with Gasteiger partial charge in [0.25, 0.3) is 0 Å². The molecule has 108 valence electrons. The predicted molar refractivity (Wildman–Crippen MR) is 70.2 cm³/mol. The minimum Gasteiger partial charge on any atom is -0.508 e. The molecule has 21 heavy (non-hydrogen) atoms. The Balaban J connectivity index is 2.04. The molecule has 0 spiro atoms. The number of carbonyl (C=O) groups is 1. The molecule has 6 heteroatoms. The van der Waals surface area contributed by atoms with Crippen LogP contribution in [0.5, 0.6) is 23.0 Å². The van der Waals surface area contributed by atoms with Crippen molar-refractivity contribution in [2.75, 3.05) is 0 Å². The van der Waals surface area contributed by atoms with Crippen molar-refractivity contribution in [2.24, 2.45) is 0 Å². The Kier molecular flexibility index (Phi) is 2.94. The SMILES string of the molecule is O=C1CC(c2ccc(O)cc2F)Oc2cc(O)cc(O)c21. The lowest BCUT2D eigenvalue weighted by atomic mass is 9.95. The second-order valence-corrected chi connectivity index (χ2v) is 4.78. The fraction of sp³-hybridized carbons (Fsp3) is 0.133. The standard InChI is InChI=1S/C15H11FO5/c16-10-3-7(17)1-2-9(10)13-6-12(20)15-11(19)4-8(18)5-14(15)21-13/h1-5,13,17-19H,6H2. The summed E-state index contributed by atoms with van der Waals surface area (Å²) >= 11 is 0. The molecule has 0 bridgehead atoms. The van der Waals surface area contributed by atoms with Gasteiger partial charge in [0, 0.05) is 23.8 Å². The van der Waals surface area contributed by atoms with Crippen LogP contribution in [0.2, 0.25) is 0 Å². The van der Waals surface area contributed by atoms with Crippen molar-refractivity contribution in [3.63, 3.8) is 0 Å². The zero-order valence-electron chi connectivity index (χ0n) is 10.7. The van der Waals surface area contributed by atoms with Gasteiger partial charge in [-0.1, -0.05) is 0 Å². The molecular formula is C15H11FO5. The highest BCUT2D eigenvalue weighted by Crippen LogP contribution is 2.42. The molecule has 0 saturated heterocycles. The molecule has 1 aliphatic rings. The van der Waals surface area contributed by atoms with Crippen LogP contribution in [0.4, 0.5) is 4.39 Å². The molecule has 0 aromatic heterocycles. The number of phenols is 3. The largest absolute Gasteiger partial charge is 0.508 e. The smallest absolute Gasteiger partial charge is 0.174 e. The normalized spacial score (nSPS) is 17.2. The summed E-state index contributed by atoms with van der Waals surface area (Å²) in [4.78, 5) is 12.1. The van der Waals surface area contributed by atoms with Gasteiger partial charge >= 0.3 is 0 Å². The zero-order chi connectivity index (χ0) is 15.1. The molecule has 1 heterocycles. The van der Waals surface area contributed by atoms with Crippen LogP contribution in [0.1, 0.15) is 28.4 Å². The van der Waals surface area contributed by atoms with Crippen molar-refractivity contribution < 1.29 is 29.2 Å². The van der Waals surface area contributed by atoms with Gasteiger partial charge < -0.3 is 20.1 Å². The van der Waals surface area contributed by atoms with Crippen LogP contribution in [-0.4, -0.2) is 21.1 Å². The average molecular weight is 290 g/mol. The van der Waals surface area contributed by atoms with Crippen molar-refractivity contribution in [3.8, 4) is 23.0 Å². The maximum atomic E-state index is 13.8. The van der Waals surface area contributed by atoms with Crippen LogP contribution in [0.25, 0.3) is 0 Å². The van der Waals surface area contributed by atoms with Crippen molar-refractivity contribution >= 4 is 5.78 Å². The highest BCUT2D eigenvalue weighted by atomic mass is 19.1.